The van der Waals surface area contributed by atoms with E-state index >= 15 is 0 Å². The molecule has 0 saturated heterocycles. The van der Waals surface area contributed by atoms with Gasteiger partial charge in [-0.3, -0.25) is 14.3 Å². The van der Waals surface area contributed by atoms with Crippen molar-refractivity contribution in [1.82, 2.24) is 14.5 Å². The number of hydrogen-bond acceptors (Lipinski definition) is 4. The molecule has 0 N–H and O–H groups in total. The maximum atomic E-state index is 14.0. The van der Waals surface area contributed by atoms with Gasteiger partial charge in [-0.15, -0.1) is 0 Å². The number of aryl methyl sites for hydroxylation is 1. The average Bonchev–Trinajstić information content (AvgIpc) is 2.88. The van der Waals surface area contributed by atoms with Gasteiger partial charge in [0.1, 0.15) is 11.6 Å². The minimum atomic E-state index is -0.238. The van der Waals surface area contributed by atoms with Crippen LogP contribution < -0.4 is 10.3 Å². The maximum Gasteiger partial charge on any atom is 0.259 e. The van der Waals surface area contributed by atoms with E-state index in [0.717, 1.165) is 46.7 Å². The fourth-order valence-corrected chi connectivity index (χ4v) is 5.21. The van der Waals surface area contributed by atoms with Crippen molar-refractivity contribution in [3.05, 3.63) is 128 Å². The second-order valence-corrected chi connectivity index (χ2v) is 9.32. The number of halogens is 1. The average molecular weight is 486 g/mol. The molecule has 3 aromatic carbocycles. The number of ether oxygens (including phenoxy) is 1. The lowest BCUT2D eigenvalue weighted by atomic mass is 9.97. The molecule has 1 aliphatic heterocycles. The van der Waals surface area contributed by atoms with E-state index in [1.807, 2.05) is 66.1 Å². The first-order valence-corrected chi connectivity index (χ1v) is 12.2. The zero-order chi connectivity index (χ0) is 24.4. The number of rotatable bonds is 6. The van der Waals surface area contributed by atoms with Crippen molar-refractivity contribution < 1.29 is 4.74 Å². The Hall–Kier alpha value is -3.41. The third kappa shape index (κ3) is 4.75. The van der Waals surface area contributed by atoms with Crippen molar-refractivity contribution >= 4 is 11.6 Å². The van der Waals surface area contributed by atoms with E-state index in [1.165, 1.54) is 0 Å². The second kappa shape index (κ2) is 10.1. The summed E-state index contributed by atoms with van der Waals surface area (Å²) >= 11 is 6.34. The van der Waals surface area contributed by atoms with Crippen LogP contribution >= 0.6 is 11.6 Å². The Balaban J connectivity index is 1.52. The standard InChI is InChI=1S/C29H28ClN3O2/c1-20-31-26-15-16-32(18-21-13-14-27(35-2)25(30)17-21)19-24(26)29(34)33(20)28(22-9-5-3-6-10-22)23-11-7-4-8-12-23/h3-14,17,28H,15-16,18-19H2,1-2H3. The Bertz CT molecular complexity index is 1350. The fraction of sp³-hybridized carbons (Fsp3) is 0.241. The Morgan fingerprint density at radius 1 is 1.00 bits per heavy atom. The van der Waals surface area contributed by atoms with E-state index in [2.05, 4.69) is 29.2 Å². The SMILES string of the molecule is COc1ccc(CN2CCc3nc(C)n(C(c4ccccc4)c4ccccc4)c(=O)c3C2)cc1Cl. The number of hydrogen-bond donors (Lipinski definition) is 0. The third-order valence-electron chi connectivity index (χ3n) is 6.63. The Labute approximate surface area is 210 Å². The summed E-state index contributed by atoms with van der Waals surface area (Å²) in [5, 5.41) is 0.593. The van der Waals surface area contributed by atoms with Crippen molar-refractivity contribution in [3.8, 4) is 5.75 Å². The van der Waals surface area contributed by atoms with Crippen molar-refractivity contribution in [2.24, 2.45) is 0 Å². The molecular formula is C29H28ClN3O2. The first-order chi connectivity index (χ1) is 17.0. The molecule has 6 heteroatoms. The summed E-state index contributed by atoms with van der Waals surface area (Å²) in [6.07, 6.45) is 0.748. The molecule has 5 rings (SSSR count). The highest BCUT2D eigenvalue weighted by Gasteiger charge is 2.27. The Morgan fingerprint density at radius 2 is 1.66 bits per heavy atom. The molecular weight excluding hydrogens is 458 g/mol. The molecule has 1 aromatic heterocycles. The predicted molar refractivity (Wildman–Crippen MR) is 139 cm³/mol. The quantitative estimate of drug-likeness (QED) is 0.366. The molecule has 0 unspecified atom stereocenters. The lowest BCUT2D eigenvalue weighted by Gasteiger charge is -2.30. The maximum absolute atomic E-state index is 14.0. The van der Waals surface area contributed by atoms with Crippen LogP contribution in [0.4, 0.5) is 0 Å². The van der Waals surface area contributed by atoms with E-state index in [0.29, 0.717) is 23.9 Å². The molecule has 0 saturated carbocycles. The molecule has 4 aromatic rings. The number of aromatic nitrogens is 2. The van der Waals surface area contributed by atoms with Gasteiger partial charge in [0, 0.05) is 26.1 Å². The van der Waals surface area contributed by atoms with E-state index in [1.54, 1.807) is 7.11 Å². The number of methoxy groups -OCH3 is 1. The van der Waals surface area contributed by atoms with E-state index < -0.39 is 0 Å². The highest BCUT2D eigenvalue weighted by atomic mass is 35.5. The highest BCUT2D eigenvalue weighted by molar-refractivity contribution is 6.32. The third-order valence-corrected chi connectivity index (χ3v) is 6.92. The van der Waals surface area contributed by atoms with Crippen LogP contribution in [0.2, 0.25) is 5.02 Å². The van der Waals surface area contributed by atoms with Gasteiger partial charge in [-0.1, -0.05) is 78.3 Å². The van der Waals surface area contributed by atoms with Crippen LogP contribution in [0.5, 0.6) is 5.75 Å². The molecule has 1 aliphatic rings. The van der Waals surface area contributed by atoms with Gasteiger partial charge >= 0.3 is 0 Å². The smallest absolute Gasteiger partial charge is 0.259 e. The van der Waals surface area contributed by atoms with E-state index in [-0.39, 0.29) is 11.6 Å². The van der Waals surface area contributed by atoms with Crippen molar-refractivity contribution in [2.45, 2.75) is 32.5 Å². The molecule has 35 heavy (non-hydrogen) atoms. The number of nitrogens with zero attached hydrogens (tertiary/aromatic N) is 3. The van der Waals surface area contributed by atoms with Gasteiger partial charge in [0.25, 0.3) is 5.56 Å². The molecule has 178 valence electrons. The zero-order valence-corrected chi connectivity index (χ0v) is 20.7. The van der Waals surface area contributed by atoms with E-state index in [9.17, 15) is 4.79 Å². The van der Waals surface area contributed by atoms with Crippen LogP contribution in [0.3, 0.4) is 0 Å². The Kier molecular flexibility index (Phi) is 6.71. The van der Waals surface area contributed by atoms with E-state index in [4.69, 9.17) is 21.3 Å². The summed E-state index contributed by atoms with van der Waals surface area (Å²) in [5.74, 6) is 1.40. The molecule has 0 spiro atoms. The monoisotopic (exact) mass is 485 g/mol. The topological polar surface area (TPSA) is 47.4 Å². The normalized spacial score (nSPS) is 13.6. The van der Waals surface area contributed by atoms with Crippen LogP contribution in [0, 0.1) is 6.92 Å². The summed E-state index contributed by atoms with van der Waals surface area (Å²) < 4.78 is 7.13. The molecule has 2 heterocycles. The predicted octanol–water partition coefficient (Wildman–Crippen LogP) is 5.41. The van der Waals surface area contributed by atoms with Crippen LogP contribution in [0.15, 0.2) is 83.7 Å². The molecule has 0 fully saturated rings. The molecule has 0 bridgehead atoms. The van der Waals surface area contributed by atoms with Gasteiger partial charge in [-0.25, -0.2) is 4.98 Å². The van der Waals surface area contributed by atoms with Crippen LogP contribution in [-0.4, -0.2) is 28.1 Å². The molecule has 0 aliphatic carbocycles. The number of fused-ring (bicyclic) bond motifs is 1. The minimum absolute atomic E-state index is 0.0302. The highest BCUT2D eigenvalue weighted by Crippen LogP contribution is 2.29. The van der Waals surface area contributed by atoms with Gasteiger partial charge in [-0.2, -0.15) is 0 Å². The van der Waals surface area contributed by atoms with Crippen LogP contribution in [0.25, 0.3) is 0 Å². The van der Waals surface area contributed by atoms with Crippen LogP contribution in [0.1, 0.15) is 39.8 Å². The van der Waals surface area contributed by atoms with Gasteiger partial charge in [0.2, 0.25) is 0 Å². The summed E-state index contributed by atoms with van der Waals surface area (Å²) in [6, 6.07) is 25.9. The lowest BCUT2D eigenvalue weighted by molar-refractivity contribution is 0.240. The first-order valence-electron chi connectivity index (χ1n) is 11.8. The minimum Gasteiger partial charge on any atom is -0.495 e. The Morgan fingerprint density at radius 3 is 2.26 bits per heavy atom. The van der Waals surface area contributed by atoms with Gasteiger partial charge < -0.3 is 4.74 Å². The first kappa shape index (κ1) is 23.3. The summed E-state index contributed by atoms with van der Waals surface area (Å²) in [6.45, 7) is 4.04. The summed E-state index contributed by atoms with van der Waals surface area (Å²) in [5.41, 5.74) is 4.93. The van der Waals surface area contributed by atoms with Crippen molar-refractivity contribution in [2.75, 3.05) is 13.7 Å². The molecule has 0 radical (unpaired) electrons. The van der Waals surface area contributed by atoms with Gasteiger partial charge in [-0.05, 0) is 35.7 Å². The lowest BCUT2D eigenvalue weighted by Crippen LogP contribution is -2.40. The van der Waals surface area contributed by atoms with Crippen molar-refractivity contribution in [1.29, 1.82) is 0 Å². The summed E-state index contributed by atoms with van der Waals surface area (Å²) in [4.78, 5) is 21.2. The van der Waals surface area contributed by atoms with Crippen molar-refractivity contribution in [3.63, 3.8) is 0 Å². The molecule has 0 atom stereocenters. The molecule has 5 nitrogen and oxygen atoms in total. The summed E-state index contributed by atoms with van der Waals surface area (Å²) in [7, 11) is 1.61. The zero-order valence-electron chi connectivity index (χ0n) is 19.9. The van der Waals surface area contributed by atoms with Crippen LogP contribution in [-0.2, 0) is 19.5 Å². The second-order valence-electron chi connectivity index (χ2n) is 8.91. The molecule has 0 amide bonds. The number of benzene rings is 3. The van der Waals surface area contributed by atoms with Gasteiger partial charge in [0.15, 0.2) is 0 Å². The largest absolute Gasteiger partial charge is 0.495 e. The fourth-order valence-electron chi connectivity index (χ4n) is 4.93. The van der Waals surface area contributed by atoms with Gasteiger partial charge in [0.05, 0.1) is 29.4 Å².